The zero-order valence-corrected chi connectivity index (χ0v) is 22.3. The van der Waals surface area contributed by atoms with E-state index in [1.54, 1.807) is 38.1 Å². The maximum atomic E-state index is 12.8. The zero-order valence-electron chi connectivity index (χ0n) is 22.3. The fourth-order valence-electron chi connectivity index (χ4n) is 3.87. The van der Waals surface area contributed by atoms with Crippen molar-refractivity contribution in [2.45, 2.75) is 45.8 Å². The second-order valence-electron chi connectivity index (χ2n) is 10.3. The van der Waals surface area contributed by atoms with Gasteiger partial charge in [-0.25, -0.2) is 4.79 Å². The molecule has 0 fully saturated rings. The van der Waals surface area contributed by atoms with E-state index in [1.165, 1.54) is 6.92 Å². The molecule has 12 heteroatoms. The Bertz CT molecular complexity index is 1090. The van der Waals surface area contributed by atoms with Gasteiger partial charge in [0.2, 0.25) is 17.7 Å². The minimum atomic E-state index is -0.924. The molecule has 2 atom stereocenters. The summed E-state index contributed by atoms with van der Waals surface area (Å²) >= 11 is 0. The van der Waals surface area contributed by atoms with Crippen molar-refractivity contribution in [2.75, 3.05) is 32.5 Å². The number of carbonyl (C=O) groups is 6. The Labute approximate surface area is 221 Å². The number of rotatable bonds is 13. The van der Waals surface area contributed by atoms with Gasteiger partial charge < -0.3 is 25.5 Å². The molecule has 38 heavy (non-hydrogen) atoms. The summed E-state index contributed by atoms with van der Waals surface area (Å²) in [5, 5.41) is 17.0. The Morgan fingerprint density at radius 1 is 0.921 bits per heavy atom. The highest BCUT2D eigenvalue weighted by Gasteiger charge is 2.28. The second kappa shape index (κ2) is 13.0. The summed E-state index contributed by atoms with van der Waals surface area (Å²) in [6.07, 6.45) is 2.11. The Balaban J connectivity index is 1.88. The van der Waals surface area contributed by atoms with Crippen molar-refractivity contribution in [3.63, 3.8) is 0 Å². The lowest BCUT2D eigenvalue weighted by atomic mass is 10.0. The first-order valence-electron chi connectivity index (χ1n) is 12.3. The number of carbonyl (C=O) groups excluding carboxylic acids is 5. The lowest BCUT2D eigenvalue weighted by Gasteiger charge is -2.27. The molecule has 0 unspecified atom stereocenters. The number of amides is 5. The van der Waals surface area contributed by atoms with Crippen molar-refractivity contribution in [3.8, 4) is 0 Å². The molecule has 206 valence electrons. The molecule has 1 heterocycles. The van der Waals surface area contributed by atoms with Crippen LogP contribution in [0.3, 0.4) is 0 Å². The van der Waals surface area contributed by atoms with E-state index in [0.717, 1.165) is 22.6 Å². The number of hydrogen-bond acceptors (Lipinski definition) is 6. The Morgan fingerprint density at radius 3 is 2.03 bits per heavy atom. The fourth-order valence-corrected chi connectivity index (χ4v) is 3.87. The van der Waals surface area contributed by atoms with Crippen molar-refractivity contribution >= 4 is 41.2 Å². The van der Waals surface area contributed by atoms with E-state index in [0.29, 0.717) is 12.2 Å². The van der Waals surface area contributed by atoms with Crippen molar-refractivity contribution in [1.82, 2.24) is 15.5 Å². The number of aliphatic carboxylic acids is 1. The van der Waals surface area contributed by atoms with Crippen LogP contribution in [-0.4, -0.2) is 89.3 Å². The van der Waals surface area contributed by atoms with Gasteiger partial charge in [0.25, 0.3) is 11.8 Å². The average molecular weight is 531 g/mol. The maximum Gasteiger partial charge on any atom is 0.359 e. The van der Waals surface area contributed by atoms with Crippen molar-refractivity contribution in [2.24, 2.45) is 5.92 Å². The largest absolute Gasteiger partial charge is 0.477 e. The minimum absolute atomic E-state index is 0.0250. The average Bonchev–Trinajstić information content (AvgIpc) is 3.12. The molecule has 0 bridgehead atoms. The Kier molecular flexibility index (Phi) is 10.3. The molecule has 0 aliphatic carbocycles. The predicted molar refractivity (Wildman–Crippen MR) is 138 cm³/mol. The summed E-state index contributed by atoms with van der Waals surface area (Å²) in [7, 11) is 3.63. The normalized spacial score (nSPS) is 14.8. The Hall–Kier alpha value is -4.06. The molecule has 1 aliphatic rings. The van der Waals surface area contributed by atoms with E-state index in [2.05, 4.69) is 16.0 Å². The first-order valence-corrected chi connectivity index (χ1v) is 12.3. The zero-order chi connectivity index (χ0) is 28.6. The summed E-state index contributed by atoms with van der Waals surface area (Å²) < 4.78 is 0.267. The smallest absolute Gasteiger partial charge is 0.359 e. The molecule has 0 aromatic heterocycles. The van der Waals surface area contributed by atoms with Crippen LogP contribution in [0.25, 0.3) is 0 Å². The summed E-state index contributed by atoms with van der Waals surface area (Å²) in [4.78, 5) is 73.1. The quantitative estimate of drug-likeness (QED) is 0.210. The van der Waals surface area contributed by atoms with Crippen LogP contribution in [0.15, 0.2) is 36.4 Å². The van der Waals surface area contributed by atoms with Crippen LogP contribution in [0.1, 0.15) is 32.8 Å². The van der Waals surface area contributed by atoms with Gasteiger partial charge in [-0.3, -0.25) is 28.9 Å². The number of imide groups is 1. The highest BCUT2D eigenvalue weighted by Crippen LogP contribution is 2.14. The number of anilines is 1. The van der Waals surface area contributed by atoms with Gasteiger partial charge in [-0.2, -0.15) is 0 Å². The Morgan fingerprint density at radius 2 is 1.50 bits per heavy atom. The van der Waals surface area contributed by atoms with E-state index in [9.17, 15) is 28.8 Å². The number of benzene rings is 1. The van der Waals surface area contributed by atoms with Crippen LogP contribution in [0.5, 0.6) is 0 Å². The number of hydrogen-bond donors (Lipinski definition) is 4. The predicted octanol–water partition coefficient (Wildman–Crippen LogP) is 0.247. The van der Waals surface area contributed by atoms with Crippen molar-refractivity contribution in [3.05, 3.63) is 42.0 Å². The molecule has 2 rings (SSSR count). The van der Waals surface area contributed by atoms with Gasteiger partial charge in [0.05, 0.1) is 14.1 Å². The first kappa shape index (κ1) is 30.2. The molecule has 5 amide bonds. The van der Waals surface area contributed by atoms with Gasteiger partial charge in [-0.1, -0.05) is 26.0 Å². The van der Waals surface area contributed by atoms with Gasteiger partial charge in [0.1, 0.15) is 18.6 Å². The lowest BCUT2D eigenvalue weighted by molar-refractivity contribution is -0.896. The molecular formula is C26H36N5O7+. The van der Waals surface area contributed by atoms with Crippen LogP contribution < -0.4 is 16.0 Å². The summed E-state index contributed by atoms with van der Waals surface area (Å²) in [6.45, 7) is 5.37. The number of quaternary nitrogens is 1. The summed E-state index contributed by atoms with van der Waals surface area (Å²) in [5.74, 6) is -3.66. The fraction of sp³-hybridized carbons (Fsp3) is 0.462. The molecule has 1 aromatic carbocycles. The second-order valence-corrected chi connectivity index (χ2v) is 10.3. The van der Waals surface area contributed by atoms with Gasteiger partial charge in [0.15, 0.2) is 6.54 Å². The topological polar surface area (TPSA) is 162 Å². The van der Waals surface area contributed by atoms with Crippen LogP contribution in [0, 0.1) is 5.92 Å². The number of nitrogens with zero attached hydrogens (tertiary/aromatic N) is 2. The molecular weight excluding hydrogens is 494 g/mol. The molecule has 1 aromatic rings. The van der Waals surface area contributed by atoms with Crippen LogP contribution in [-0.2, 0) is 35.3 Å². The number of carboxylic acids is 1. The third-order valence-electron chi connectivity index (χ3n) is 5.88. The van der Waals surface area contributed by atoms with E-state index in [1.807, 2.05) is 14.1 Å². The number of likely N-dealkylation sites (N-methyl/N-ethyl adjacent to an activating group) is 1. The van der Waals surface area contributed by atoms with Gasteiger partial charge >= 0.3 is 5.97 Å². The van der Waals surface area contributed by atoms with E-state index in [-0.39, 0.29) is 29.9 Å². The van der Waals surface area contributed by atoms with Gasteiger partial charge in [-0.15, -0.1) is 0 Å². The van der Waals surface area contributed by atoms with Crippen LogP contribution >= 0.6 is 0 Å². The van der Waals surface area contributed by atoms with E-state index < -0.39 is 47.6 Å². The van der Waals surface area contributed by atoms with Gasteiger partial charge in [0, 0.05) is 36.4 Å². The minimum Gasteiger partial charge on any atom is -0.477 e. The highest BCUT2D eigenvalue weighted by molar-refractivity contribution is 6.13. The maximum absolute atomic E-state index is 12.8. The lowest BCUT2D eigenvalue weighted by Crippen LogP contribution is -2.54. The third kappa shape index (κ3) is 9.11. The molecule has 0 saturated heterocycles. The summed E-state index contributed by atoms with van der Waals surface area (Å²) in [6, 6.07) is 5.16. The first-order chi connectivity index (χ1) is 17.7. The monoisotopic (exact) mass is 530 g/mol. The van der Waals surface area contributed by atoms with Crippen LogP contribution in [0.4, 0.5) is 5.69 Å². The van der Waals surface area contributed by atoms with E-state index >= 15 is 0 Å². The number of nitrogens with one attached hydrogen (secondary N) is 3. The summed E-state index contributed by atoms with van der Waals surface area (Å²) in [5.41, 5.74) is 1.42. The SMILES string of the molecule is CC(C)[C@H](NC(=O)CCN1C(=O)C=CC1=O)C(=O)N[C@@H](C)C(=O)Nc1ccc(C[N+](C)(C)CC(=O)O)cc1. The number of carboxylic acid groups (broad SMARTS) is 1. The van der Waals surface area contributed by atoms with Crippen molar-refractivity contribution < 1.29 is 38.4 Å². The van der Waals surface area contributed by atoms with Crippen molar-refractivity contribution in [1.29, 1.82) is 0 Å². The molecule has 0 radical (unpaired) electrons. The molecule has 0 saturated carbocycles. The highest BCUT2D eigenvalue weighted by atomic mass is 16.4. The van der Waals surface area contributed by atoms with E-state index in [4.69, 9.17) is 5.11 Å². The molecule has 12 nitrogen and oxygen atoms in total. The van der Waals surface area contributed by atoms with Gasteiger partial charge in [-0.05, 0) is 25.0 Å². The standard InChI is InChI=1S/C26H35N5O7/c1-16(2)24(29-20(32)12-13-30-21(33)10-11-22(30)34)26(38)27-17(3)25(37)28-19-8-6-18(7-9-19)14-31(4,5)15-23(35)36/h6-11,16-17,24H,12-15H2,1-5H3,(H3-,27,28,29,32,35,36,37,38)/p+1/t17-,24-/m0/s1. The molecule has 1 aliphatic heterocycles. The third-order valence-corrected chi connectivity index (χ3v) is 5.88. The molecule has 0 spiro atoms. The van der Waals surface area contributed by atoms with Crippen LogP contribution in [0.2, 0.25) is 0 Å². The molecule has 4 N–H and O–H groups in total.